The number of nitrogens with one attached hydrogen (secondary N) is 1. The number of anilines is 1. The van der Waals surface area contributed by atoms with E-state index >= 15 is 0 Å². The Kier molecular flexibility index (Phi) is 4.57. The van der Waals surface area contributed by atoms with Crippen LogP contribution in [0.1, 0.15) is 31.4 Å². The van der Waals surface area contributed by atoms with Gasteiger partial charge in [0.05, 0.1) is 18.7 Å². The Hall–Kier alpha value is -2.88. The van der Waals surface area contributed by atoms with Crippen molar-refractivity contribution in [1.82, 2.24) is 9.78 Å². The Labute approximate surface area is 153 Å². The maximum absolute atomic E-state index is 12.4. The van der Waals surface area contributed by atoms with E-state index in [1.807, 2.05) is 41.1 Å². The molecule has 1 fully saturated rings. The van der Waals surface area contributed by atoms with Crippen LogP contribution in [0.5, 0.6) is 0 Å². The highest BCUT2D eigenvalue weighted by molar-refractivity contribution is 5.91. The number of carbonyl (C=O) groups is 1. The number of rotatable bonds is 6. The number of benzene rings is 2. The summed E-state index contributed by atoms with van der Waals surface area (Å²) in [5, 5.41) is 7.39. The van der Waals surface area contributed by atoms with Crippen molar-refractivity contribution in [3.05, 3.63) is 72.4 Å². The van der Waals surface area contributed by atoms with E-state index in [2.05, 4.69) is 41.6 Å². The quantitative estimate of drug-likeness (QED) is 0.704. The van der Waals surface area contributed by atoms with E-state index in [0.29, 0.717) is 18.4 Å². The zero-order chi connectivity index (χ0) is 17.9. The first-order valence-electron chi connectivity index (χ1n) is 9.18. The summed E-state index contributed by atoms with van der Waals surface area (Å²) in [7, 11) is 0. The Bertz CT molecular complexity index is 879. The van der Waals surface area contributed by atoms with Gasteiger partial charge in [0.1, 0.15) is 5.82 Å². The molecule has 0 saturated heterocycles. The first-order chi connectivity index (χ1) is 12.7. The summed E-state index contributed by atoms with van der Waals surface area (Å²) in [6.07, 6.45) is 4.62. The summed E-state index contributed by atoms with van der Waals surface area (Å²) >= 11 is 0. The van der Waals surface area contributed by atoms with Gasteiger partial charge in [0.15, 0.2) is 0 Å². The van der Waals surface area contributed by atoms with E-state index in [4.69, 9.17) is 0 Å². The van der Waals surface area contributed by atoms with Crippen LogP contribution in [-0.4, -0.2) is 15.7 Å². The number of amides is 1. The third-order valence-electron chi connectivity index (χ3n) is 5.05. The maximum Gasteiger partial charge on any atom is 0.229 e. The van der Waals surface area contributed by atoms with E-state index in [1.54, 1.807) is 6.20 Å². The molecule has 1 aliphatic carbocycles. The van der Waals surface area contributed by atoms with Crippen LogP contribution in [0, 0.1) is 5.92 Å². The molecule has 1 saturated carbocycles. The minimum Gasteiger partial charge on any atom is -0.311 e. The van der Waals surface area contributed by atoms with Crippen molar-refractivity contribution in [3.63, 3.8) is 0 Å². The van der Waals surface area contributed by atoms with Crippen molar-refractivity contribution in [2.45, 2.75) is 32.2 Å². The zero-order valence-corrected chi connectivity index (χ0v) is 14.9. The standard InChI is InChI=1S/C22H23N3O/c1-16(18-11-12-18)25-21(13-14-23-25)24-22(26)15-17-7-9-20(10-8-17)19-5-3-2-4-6-19/h2-10,13-14,16,18H,11-12,15H2,1H3,(H,24,26). The van der Waals surface area contributed by atoms with Crippen molar-refractivity contribution in [2.24, 2.45) is 5.92 Å². The molecule has 1 aliphatic rings. The van der Waals surface area contributed by atoms with Crippen LogP contribution in [0.3, 0.4) is 0 Å². The molecule has 4 nitrogen and oxygen atoms in total. The fourth-order valence-electron chi connectivity index (χ4n) is 3.33. The number of carbonyl (C=O) groups excluding carboxylic acids is 1. The van der Waals surface area contributed by atoms with E-state index in [1.165, 1.54) is 18.4 Å². The largest absolute Gasteiger partial charge is 0.311 e. The fraction of sp³-hybridized carbons (Fsp3) is 0.273. The summed E-state index contributed by atoms with van der Waals surface area (Å²) in [6, 6.07) is 20.6. The lowest BCUT2D eigenvalue weighted by Crippen LogP contribution is -2.19. The highest BCUT2D eigenvalue weighted by atomic mass is 16.1. The number of aromatic nitrogens is 2. The van der Waals surface area contributed by atoms with Crippen LogP contribution in [0.25, 0.3) is 11.1 Å². The molecule has 0 aliphatic heterocycles. The molecule has 1 atom stereocenters. The van der Waals surface area contributed by atoms with Crippen molar-refractivity contribution in [2.75, 3.05) is 5.32 Å². The van der Waals surface area contributed by atoms with Gasteiger partial charge in [-0.15, -0.1) is 0 Å². The molecule has 1 heterocycles. The lowest BCUT2D eigenvalue weighted by Gasteiger charge is -2.15. The Morgan fingerprint density at radius 3 is 2.46 bits per heavy atom. The van der Waals surface area contributed by atoms with Gasteiger partial charge in [-0.3, -0.25) is 4.79 Å². The average Bonchev–Trinajstić information content (AvgIpc) is 3.42. The molecule has 1 N–H and O–H groups in total. The zero-order valence-electron chi connectivity index (χ0n) is 14.9. The second-order valence-corrected chi connectivity index (χ2v) is 7.03. The van der Waals surface area contributed by atoms with Gasteiger partial charge >= 0.3 is 0 Å². The molecule has 1 amide bonds. The topological polar surface area (TPSA) is 46.9 Å². The van der Waals surface area contributed by atoms with Gasteiger partial charge in [-0.25, -0.2) is 4.68 Å². The second-order valence-electron chi connectivity index (χ2n) is 7.03. The van der Waals surface area contributed by atoms with Gasteiger partial charge in [-0.2, -0.15) is 5.10 Å². The van der Waals surface area contributed by atoms with E-state index in [-0.39, 0.29) is 5.91 Å². The van der Waals surface area contributed by atoms with E-state index in [0.717, 1.165) is 16.9 Å². The van der Waals surface area contributed by atoms with E-state index < -0.39 is 0 Å². The first kappa shape index (κ1) is 16.6. The van der Waals surface area contributed by atoms with Crippen molar-refractivity contribution in [1.29, 1.82) is 0 Å². The fourth-order valence-corrected chi connectivity index (χ4v) is 3.33. The summed E-state index contributed by atoms with van der Waals surface area (Å²) in [4.78, 5) is 12.4. The number of nitrogens with zero attached hydrogens (tertiary/aromatic N) is 2. The van der Waals surface area contributed by atoms with Crippen molar-refractivity contribution in [3.8, 4) is 11.1 Å². The van der Waals surface area contributed by atoms with E-state index in [9.17, 15) is 4.79 Å². The van der Waals surface area contributed by atoms with Crippen molar-refractivity contribution >= 4 is 11.7 Å². The third-order valence-corrected chi connectivity index (χ3v) is 5.05. The monoisotopic (exact) mass is 345 g/mol. The molecule has 2 aromatic carbocycles. The van der Waals surface area contributed by atoms with Crippen LogP contribution in [0.4, 0.5) is 5.82 Å². The van der Waals surface area contributed by atoms with Crippen LogP contribution in [0.2, 0.25) is 0 Å². The lowest BCUT2D eigenvalue weighted by molar-refractivity contribution is -0.115. The van der Waals surface area contributed by atoms with Crippen LogP contribution >= 0.6 is 0 Å². The van der Waals surface area contributed by atoms with Crippen molar-refractivity contribution < 1.29 is 4.79 Å². The summed E-state index contributed by atoms with van der Waals surface area (Å²) < 4.78 is 1.94. The molecule has 1 unspecified atom stereocenters. The van der Waals surface area contributed by atoms with Crippen LogP contribution < -0.4 is 5.32 Å². The molecule has 1 aromatic heterocycles. The summed E-state index contributed by atoms with van der Waals surface area (Å²) in [6.45, 7) is 2.17. The molecule has 132 valence electrons. The molecular weight excluding hydrogens is 322 g/mol. The van der Waals surface area contributed by atoms with Gasteiger partial charge in [-0.05, 0) is 42.4 Å². The highest BCUT2D eigenvalue weighted by Gasteiger charge is 2.30. The van der Waals surface area contributed by atoms with Gasteiger partial charge in [0.25, 0.3) is 0 Å². The molecule has 0 radical (unpaired) electrons. The molecule has 0 spiro atoms. The Morgan fingerprint density at radius 1 is 1.08 bits per heavy atom. The molecule has 4 heteroatoms. The molecule has 0 bridgehead atoms. The minimum absolute atomic E-state index is 0.0118. The Balaban J connectivity index is 1.40. The molecule has 26 heavy (non-hydrogen) atoms. The van der Waals surface area contributed by atoms with Gasteiger partial charge in [0, 0.05) is 6.07 Å². The molecular formula is C22H23N3O. The lowest BCUT2D eigenvalue weighted by atomic mass is 10.0. The predicted molar refractivity (Wildman–Crippen MR) is 104 cm³/mol. The third kappa shape index (κ3) is 3.69. The SMILES string of the molecule is CC(C1CC1)n1nccc1NC(=O)Cc1ccc(-c2ccccc2)cc1. The smallest absolute Gasteiger partial charge is 0.229 e. The molecule has 4 rings (SSSR count). The summed E-state index contributed by atoms with van der Waals surface area (Å²) in [5.41, 5.74) is 3.34. The molecule has 3 aromatic rings. The van der Waals surface area contributed by atoms with Gasteiger partial charge in [-0.1, -0.05) is 54.6 Å². The highest BCUT2D eigenvalue weighted by Crippen LogP contribution is 2.40. The predicted octanol–water partition coefficient (Wildman–Crippen LogP) is 4.70. The summed E-state index contributed by atoms with van der Waals surface area (Å²) in [5.74, 6) is 1.47. The number of hydrogen-bond acceptors (Lipinski definition) is 2. The van der Waals surface area contributed by atoms with Gasteiger partial charge in [0.2, 0.25) is 5.91 Å². The van der Waals surface area contributed by atoms with Crippen LogP contribution in [0.15, 0.2) is 66.9 Å². The first-order valence-corrected chi connectivity index (χ1v) is 9.18. The van der Waals surface area contributed by atoms with Gasteiger partial charge < -0.3 is 5.32 Å². The minimum atomic E-state index is -0.0118. The normalized spacial score (nSPS) is 14.8. The average molecular weight is 345 g/mol. The van der Waals surface area contributed by atoms with Crippen LogP contribution in [-0.2, 0) is 11.2 Å². The second kappa shape index (κ2) is 7.16. The number of hydrogen-bond donors (Lipinski definition) is 1. The maximum atomic E-state index is 12.4. The Morgan fingerprint density at radius 2 is 1.77 bits per heavy atom.